The van der Waals surface area contributed by atoms with Crippen LogP contribution in [0, 0.1) is 6.92 Å². The van der Waals surface area contributed by atoms with Crippen LogP contribution in [-0.4, -0.2) is 36.8 Å². The minimum absolute atomic E-state index is 0.129. The number of halogens is 1. The summed E-state index contributed by atoms with van der Waals surface area (Å²) in [5.74, 6) is 0.129. The van der Waals surface area contributed by atoms with E-state index in [1.54, 1.807) is 0 Å². The van der Waals surface area contributed by atoms with Gasteiger partial charge in [-0.2, -0.15) is 5.10 Å². The highest BCUT2D eigenvalue weighted by molar-refractivity contribution is 7.90. The third-order valence-corrected chi connectivity index (χ3v) is 3.83. The van der Waals surface area contributed by atoms with E-state index in [0.717, 1.165) is 17.9 Å². The summed E-state index contributed by atoms with van der Waals surface area (Å²) in [7, 11) is -2.92. The summed E-state index contributed by atoms with van der Waals surface area (Å²) in [5.41, 5.74) is 1.70. The van der Waals surface area contributed by atoms with Crippen LogP contribution in [0.15, 0.2) is 0 Å². The van der Waals surface area contributed by atoms with Gasteiger partial charge in [0, 0.05) is 25.9 Å². The van der Waals surface area contributed by atoms with Crippen LogP contribution in [0.2, 0.25) is 5.02 Å². The van der Waals surface area contributed by atoms with Crippen molar-refractivity contribution in [1.29, 1.82) is 0 Å². The molecule has 0 bridgehead atoms. The summed E-state index contributed by atoms with van der Waals surface area (Å²) < 4.78 is 23.7. The maximum atomic E-state index is 11.0. The molecule has 0 aliphatic carbocycles. The highest BCUT2D eigenvalue weighted by atomic mass is 35.5. The average molecular weight is 280 g/mol. The Morgan fingerprint density at radius 1 is 1.47 bits per heavy atom. The topological polar surface area (TPSA) is 64.0 Å². The summed E-state index contributed by atoms with van der Waals surface area (Å²) in [5, 5.41) is 8.00. The zero-order valence-corrected chi connectivity index (χ0v) is 11.9. The van der Waals surface area contributed by atoms with Gasteiger partial charge in [0.1, 0.15) is 9.84 Å². The molecule has 0 saturated carbocycles. The quantitative estimate of drug-likeness (QED) is 0.789. The highest BCUT2D eigenvalue weighted by Gasteiger charge is 2.11. The van der Waals surface area contributed by atoms with Gasteiger partial charge in [0.2, 0.25) is 0 Å². The molecule has 17 heavy (non-hydrogen) atoms. The van der Waals surface area contributed by atoms with Crippen LogP contribution in [0.25, 0.3) is 0 Å². The lowest BCUT2D eigenvalue weighted by Gasteiger charge is -2.06. The molecule has 0 unspecified atom stereocenters. The summed E-state index contributed by atoms with van der Waals surface area (Å²) in [6, 6.07) is 0. The van der Waals surface area contributed by atoms with Crippen molar-refractivity contribution in [1.82, 2.24) is 15.1 Å². The molecule has 0 saturated heterocycles. The smallest absolute Gasteiger partial charge is 0.148 e. The number of rotatable bonds is 6. The van der Waals surface area contributed by atoms with Gasteiger partial charge in [0.05, 0.1) is 22.2 Å². The van der Waals surface area contributed by atoms with Gasteiger partial charge >= 0.3 is 0 Å². The molecule has 98 valence electrons. The zero-order valence-electron chi connectivity index (χ0n) is 10.3. The number of nitrogens with one attached hydrogen (secondary N) is 1. The Morgan fingerprint density at radius 3 is 2.65 bits per heavy atom. The molecule has 0 fully saturated rings. The lowest BCUT2D eigenvalue weighted by molar-refractivity contribution is 0.578. The van der Waals surface area contributed by atoms with Crippen molar-refractivity contribution < 1.29 is 8.42 Å². The number of nitrogens with zero attached hydrogens (tertiary/aromatic N) is 2. The lowest BCUT2D eigenvalue weighted by atomic mass is 10.3. The van der Waals surface area contributed by atoms with E-state index in [0.29, 0.717) is 18.1 Å². The van der Waals surface area contributed by atoms with E-state index in [2.05, 4.69) is 10.4 Å². The Kier molecular flexibility index (Phi) is 4.97. The lowest BCUT2D eigenvalue weighted by Crippen LogP contribution is -2.23. The van der Waals surface area contributed by atoms with Crippen LogP contribution in [0.4, 0.5) is 0 Å². The highest BCUT2D eigenvalue weighted by Crippen LogP contribution is 2.19. The predicted molar refractivity (Wildman–Crippen MR) is 69.1 cm³/mol. The number of hydrogen-bond acceptors (Lipinski definition) is 4. The first kappa shape index (κ1) is 14.5. The normalized spacial score (nSPS) is 12.0. The fourth-order valence-electron chi connectivity index (χ4n) is 1.50. The largest absolute Gasteiger partial charge is 0.310 e. The average Bonchev–Trinajstić information content (AvgIpc) is 2.49. The molecule has 0 radical (unpaired) electrons. The van der Waals surface area contributed by atoms with Crippen LogP contribution >= 0.6 is 11.6 Å². The monoisotopic (exact) mass is 279 g/mol. The first-order chi connectivity index (χ1) is 7.85. The van der Waals surface area contributed by atoms with Gasteiger partial charge in [0.25, 0.3) is 0 Å². The van der Waals surface area contributed by atoms with Crippen molar-refractivity contribution in [2.24, 2.45) is 0 Å². The van der Waals surface area contributed by atoms with Gasteiger partial charge in [-0.3, -0.25) is 4.68 Å². The standard InChI is InChI=1S/C10H18ClN3O2S/c1-4-14-9(10(11)8(2)13-14)7-12-5-6-17(3,15)16/h12H,4-7H2,1-3H3. The van der Waals surface area contributed by atoms with Crippen molar-refractivity contribution in [3.8, 4) is 0 Å². The van der Waals surface area contributed by atoms with Crippen molar-refractivity contribution in [3.05, 3.63) is 16.4 Å². The van der Waals surface area contributed by atoms with Crippen molar-refractivity contribution in [2.75, 3.05) is 18.6 Å². The fourth-order valence-corrected chi connectivity index (χ4v) is 2.22. The van der Waals surface area contributed by atoms with E-state index in [9.17, 15) is 8.42 Å². The van der Waals surface area contributed by atoms with Crippen LogP contribution < -0.4 is 5.32 Å². The molecule has 0 aromatic carbocycles. The van der Waals surface area contributed by atoms with Crippen LogP contribution in [-0.2, 0) is 22.9 Å². The van der Waals surface area contributed by atoms with Gasteiger partial charge < -0.3 is 5.32 Å². The molecule has 0 atom stereocenters. The molecule has 1 heterocycles. The molecule has 1 aromatic rings. The van der Waals surface area contributed by atoms with E-state index in [1.165, 1.54) is 6.26 Å². The molecule has 0 aliphatic rings. The van der Waals surface area contributed by atoms with Gasteiger partial charge in [-0.05, 0) is 13.8 Å². The van der Waals surface area contributed by atoms with E-state index in [4.69, 9.17) is 11.6 Å². The molecule has 5 nitrogen and oxygen atoms in total. The summed E-state index contributed by atoms with van der Waals surface area (Å²) >= 11 is 6.12. The third-order valence-electron chi connectivity index (χ3n) is 2.39. The van der Waals surface area contributed by atoms with E-state index < -0.39 is 9.84 Å². The Hall–Kier alpha value is -0.590. The van der Waals surface area contributed by atoms with Crippen LogP contribution in [0.3, 0.4) is 0 Å². The number of sulfone groups is 1. The molecule has 1 rings (SSSR count). The molecule has 0 amide bonds. The van der Waals surface area contributed by atoms with Gasteiger partial charge in [-0.25, -0.2) is 8.42 Å². The minimum Gasteiger partial charge on any atom is -0.310 e. The molecule has 1 N–H and O–H groups in total. The SMILES string of the molecule is CCn1nc(C)c(Cl)c1CNCCS(C)(=O)=O. The second-order valence-corrected chi connectivity index (χ2v) is 6.61. The molecule has 0 aliphatic heterocycles. The number of aromatic nitrogens is 2. The van der Waals surface area contributed by atoms with E-state index >= 15 is 0 Å². The Morgan fingerprint density at radius 2 is 2.12 bits per heavy atom. The van der Waals surface area contributed by atoms with Crippen molar-refractivity contribution in [2.45, 2.75) is 26.9 Å². The summed E-state index contributed by atoms with van der Waals surface area (Å²) in [6.07, 6.45) is 1.22. The summed E-state index contributed by atoms with van der Waals surface area (Å²) in [4.78, 5) is 0. The molecular weight excluding hydrogens is 262 g/mol. The van der Waals surface area contributed by atoms with Gasteiger partial charge in [-0.15, -0.1) is 0 Å². The van der Waals surface area contributed by atoms with Crippen molar-refractivity contribution in [3.63, 3.8) is 0 Å². The number of aryl methyl sites for hydroxylation is 2. The Bertz CT molecular complexity index is 482. The molecule has 1 aromatic heterocycles. The first-order valence-electron chi connectivity index (χ1n) is 5.45. The second kappa shape index (κ2) is 5.84. The van der Waals surface area contributed by atoms with Crippen LogP contribution in [0.1, 0.15) is 18.3 Å². The fraction of sp³-hybridized carbons (Fsp3) is 0.700. The molecule has 7 heteroatoms. The molecular formula is C10H18ClN3O2S. The van der Waals surface area contributed by atoms with Crippen LogP contribution in [0.5, 0.6) is 0 Å². The first-order valence-corrected chi connectivity index (χ1v) is 7.89. The van der Waals surface area contributed by atoms with E-state index in [1.807, 2.05) is 18.5 Å². The maximum Gasteiger partial charge on any atom is 0.148 e. The minimum atomic E-state index is -2.92. The molecule has 0 spiro atoms. The van der Waals surface area contributed by atoms with Gasteiger partial charge in [0.15, 0.2) is 0 Å². The second-order valence-electron chi connectivity index (χ2n) is 3.97. The van der Waals surface area contributed by atoms with Gasteiger partial charge in [-0.1, -0.05) is 11.6 Å². The van der Waals surface area contributed by atoms with E-state index in [-0.39, 0.29) is 5.75 Å². The predicted octanol–water partition coefficient (Wildman–Crippen LogP) is 0.999. The Balaban J connectivity index is 2.57. The Labute approximate surface area is 107 Å². The zero-order chi connectivity index (χ0) is 13.1. The summed E-state index contributed by atoms with van der Waals surface area (Å²) in [6.45, 7) is 5.54. The maximum absolute atomic E-state index is 11.0. The third kappa shape index (κ3) is 4.29. The number of hydrogen-bond donors (Lipinski definition) is 1. The van der Waals surface area contributed by atoms with Crippen molar-refractivity contribution >= 4 is 21.4 Å².